The molecular formula is C17H20N2O2S. The molecule has 2 aromatic rings. The Labute approximate surface area is 134 Å². The number of carbonyl (C=O) groups excluding carboxylic acids is 1. The zero-order valence-corrected chi connectivity index (χ0v) is 13.2. The zero-order chi connectivity index (χ0) is 15.4. The standard InChI is InChI=1S/C17H20N2O2S/c20-15(16-7-4-12-22-16)13-18-8-10-19(11-9-18)17(21)14-5-2-1-3-6-14/h1-7,12,15,20H,8-11,13H2/t15-/m1/s1. The Balaban J connectivity index is 1.51. The van der Waals surface area contributed by atoms with Crippen LogP contribution in [0.15, 0.2) is 47.8 Å². The quantitative estimate of drug-likeness (QED) is 0.941. The van der Waals surface area contributed by atoms with Crippen LogP contribution in [0.25, 0.3) is 0 Å². The number of aliphatic hydroxyl groups is 1. The first-order valence-corrected chi connectivity index (χ1v) is 8.40. The van der Waals surface area contributed by atoms with E-state index in [1.807, 2.05) is 52.7 Å². The fourth-order valence-corrected chi connectivity index (χ4v) is 3.42. The van der Waals surface area contributed by atoms with Gasteiger partial charge in [-0.15, -0.1) is 11.3 Å². The third kappa shape index (κ3) is 3.55. The number of rotatable bonds is 4. The number of amides is 1. The van der Waals surface area contributed by atoms with Crippen LogP contribution in [-0.2, 0) is 0 Å². The SMILES string of the molecule is O=C(c1ccccc1)N1CCN(C[C@@H](O)c2cccs2)CC1. The monoisotopic (exact) mass is 316 g/mol. The molecule has 22 heavy (non-hydrogen) atoms. The number of aliphatic hydroxyl groups excluding tert-OH is 1. The van der Waals surface area contributed by atoms with Crippen LogP contribution in [0.4, 0.5) is 0 Å². The maximum atomic E-state index is 12.4. The molecule has 0 bridgehead atoms. The predicted octanol–water partition coefficient (Wildman–Crippen LogP) is 2.24. The van der Waals surface area contributed by atoms with Gasteiger partial charge in [-0.3, -0.25) is 9.69 Å². The van der Waals surface area contributed by atoms with Gasteiger partial charge in [0.1, 0.15) is 6.10 Å². The van der Waals surface area contributed by atoms with Gasteiger partial charge in [0.25, 0.3) is 5.91 Å². The molecule has 0 saturated carbocycles. The van der Waals surface area contributed by atoms with Crippen LogP contribution in [0.3, 0.4) is 0 Å². The summed E-state index contributed by atoms with van der Waals surface area (Å²) in [5.41, 5.74) is 0.745. The Morgan fingerprint density at radius 3 is 2.45 bits per heavy atom. The molecule has 1 N–H and O–H groups in total. The molecule has 0 aliphatic carbocycles. The van der Waals surface area contributed by atoms with Gasteiger partial charge < -0.3 is 10.0 Å². The second kappa shape index (κ2) is 7.05. The summed E-state index contributed by atoms with van der Waals surface area (Å²) in [6.45, 7) is 3.67. The lowest BCUT2D eigenvalue weighted by molar-refractivity contribution is 0.0533. The first kappa shape index (κ1) is 15.2. The lowest BCUT2D eigenvalue weighted by Crippen LogP contribution is -2.49. The first-order chi connectivity index (χ1) is 10.7. The molecule has 116 valence electrons. The van der Waals surface area contributed by atoms with Gasteiger partial charge in [0, 0.05) is 43.2 Å². The number of β-amino-alcohol motifs (C(OH)–C–C–N with tert-alkyl or cyclic N) is 1. The van der Waals surface area contributed by atoms with E-state index in [4.69, 9.17) is 0 Å². The Morgan fingerprint density at radius 1 is 1.09 bits per heavy atom. The van der Waals surface area contributed by atoms with E-state index < -0.39 is 6.10 Å². The summed E-state index contributed by atoms with van der Waals surface area (Å²) in [6.07, 6.45) is -0.434. The minimum absolute atomic E-state index is 0.0963. The van der Waals surface area contributed by atoms with Crippen LogP contribution < -0.4 is 0 Å². The van der Waals surface area contributed by atoms with Crippen molar-refractivity contribution < 1.29 is 9.90 Å². The van der Waals surface area contributed by atoms with E-state index >= 15 is 0 Å². The van der Waals surface area contributed by atoms with Gasteiger partial charge in [-0.1, -0.05) is 24.3 Å². The third-order valence-corrected chi connectivity index (χ3v) is 4.96. The molecule has 1 aromatic carbocycles. The summed E-state index contributed by atoms with van der Waals surface area (Å²) in [6, 6.07) is 13.3. The molecule has 0 spiro atoms. The highest BCUT2D eigenvalue weighted by Crippen LogP contribution is 2.20. The van der Waals surface area contributed by atoms with Crippen molar-refractivity contribution >= 4 is 17.2 Å². The number of hydrogen-bond donors (Lipinski definition) is 1. The summed E-state index contributed by atoms with van der Waals surface area (Å²) in [5, 5.41) is 12.2. The topological polar surface area (TPSA) is 43.8 Å². The largest absolute Gasteiger partial charge is 0.386 e. The Hall–Kier alpha value is -1.69. The summed E-state index contributed by atoms with van der Waals surface area (Å²) < 4.78 is 0. The van der Waals surface area contributed by atoms with Crippen molar-refractivity contribution in [2.45, 2.75) is 6.10 Å². The number of thiophene rings is 1. The lowest BCUT2D eigenvalue weighted by atomic mass is 10.1. The van der Waals surface area contributed by atoms with Gasteiger partial charge in [-0.25, -0.2) is 0 Å². The Bertz CT molecular complexity index is 592. The first-order valence-electron chi connectivity index (χ1n) is 7.52. The van der Waals surface area contributed by atoms with E-state index in [1.165, 1.54) is 0 Å². The molecule has 5 heteroatoms. The van der Waals surface area contributed by atoms with Crippen LogP contribution >= 0.6 is 11.3 Å². The molecule has 2 heterocycles. The highest BCUT2D eigenvalue weighted by molar-refractivity contribution is 7.10. The van der Waals surface area contributed by atoms with Crippen molar-refractivity contribution in [3.05, 3.63) is 58.3 Å². The predicted molar refractivity (Wildman–Crippen MR) is 88.1 cm³/mol. The summed E-state index contributed by atoms with van der Waals surface area (Å²) in [7, 11) is 0. The van der Waals surface area contributed by atoms with Gasteiger partial charge in [0.15, 0.2) is 0 Å². The molecule has 1 aliphatic heterocycles. The van der Waals surface area contributed by atoms with Crippen LogP contribution in [0, 0.1) is 0 Å². The normalized spacial score (nSPS) is 17.4. The van der Waals surface area contributed by atoms with Crippen molar-refractivity contribution in [2.75, 3.05) is 32.7 Å². The van der Waals surface area contributed by atoms with Crippen LogP contribution in [0.5, 0.6) is 0 Å². The summed E-state index contributed by atoms with van der Waals surface area (Å²) in [5.74, 6) is 0.0963. The van der Waals surface area contributed by atoms with Gasteiger partial charge in [0.2, 0.25) is 0 Å². The maximum absolute atomic E-state index is 12.4. The van der Waals surface area contributed by atoms with Crippen molar-refractivity contribution in [3.8, 4) is 0 Å². The van der Waals surface area contributed by atoms with Crippen molar-refractivity contribution in [1.82, 2.24) is 9.80 Å². The van der Waals surface area contributed by atoms with Crippen LogP contribution in [0.1, 0.15) is 21.3 Å². The lowest BCUT2D eigenvalue weighted by Gasteiger charge is -2.35. The Kier molecular flexibility index (Phi) is 4.87. The fraction of sp³-hybridized carbons (Fsp3) is 0.353. The van der Waals surface area contributed by atoms with Gasteiger partial charge >= 0.3 is 0 Å². The molecule has 1 aromatic heterocycles. The Morgan fingerprint density at radius 2 is 1.82 bits per heavy atom. The highest BCUT2D eigenvalue weighted by atomic mass is 32.1. The van der Waals surface area contributed by atoms with E-state index in [1.54, 1.807) is 11.3 Å². The minimum atomic E-state index is -0.434. The number of piperazine rings is 1. The van der Waals surface area contributed by atoms with E-state index in [-0.39, 0.29) is 5.91 Å². The molecular weight excluding hydrogens is 296 g/mol. The molecule has 1 aliphatic rings. The molecule has 1 atom stereocenters. The van der Waals surface area contributed by atoms with Crippen molar-refractivity contribution in [1.29, 1.82) is 0 Å². The second-order valence-corrected chi connectivity index (χ2v) is 6.47. The van der Waals surface area contributed by atoms with Gasteiger partial charge in [-0.2, -0.15) is 0 Å². The molecule has 3 rings (SSSR count). The van der Waals surface area contributed by atoms with E-state index in [9.17, 15) is 9.90 Å². The molecule has 1 saturated heterocycles. The highest BCUT2D eigenvalue weighted by Gasteiger charge is 2.23. The van der Waals surface area contributed by atoms with Crippen LogP contribution in [0.2, 0.25) is 0 Å². The third-order valence-electron chi connectivity index (χ3n) is 3.98. The summed E-state index contributed by atoms with van der Waals surface area (Å²) >= 11 is 1.58. The average Bonchev–Trinajstić information content (AvgIpc) is 3.10. The molecule has 4 nitrogen and oxygen atoms in total. The van der Waals surface area contributed by atoms with Gasteiger partial charge in [-0.05, 0) is 23.6 Å². The molecule has 0 radical (unpaired) electrons. The number of benzene rings is 1. The number of carbonyl (C=O) groups is 1. The summed E-state index contributed by atoms with van der Waals surface area (Å²) in [4.78, 5) is 17.5. The molecule has 0 unspecified atom stereocenters. The average molecular weight is 316 g/mol. The van der Waals surface area contributed by atoms with Gasteiger partial charge in [0.05, 0.1) is 0 Å². The molecule has 1 amide bonds. The smallest absolute Gasteiger partial charge is 0.253 e. The number of hydrogen-bond acceptors (Lipinski definition) is 4. The fourth-order valence-electron chi connectivity index (χ4n) is 2.71. The number of nitrogens with zero attached hydrogens (tertiary/aromatic N) is 2. The van der Waals surface area contributed by atoms with E-state index in [2.05, 4.69) is 4.90 Å². The van der Waals surface area contributed by atoms with Crippen molar-refractivity contribution in [2.24, 2.45) is 0 Å². The maximum Gasteiger partial charge on any atom is 0.253 e. The van der Waals surface area contributed by atoms with E-state index in [0.717, 1.165) is 23.5 Å². The zero-order valence-electron chi connectivity index (χ0n) is 12.4. The molecule has 1 fully saturated rings. The van der Waals surface area contributed by atoms with E-state index in [0.29, 0.717) is 19.6 Å². The second-order valence-electron chi connectivity index (χ2n) is 5.49. The van der Waals surface area contributed by atoms with Crippen LogP contribution in [-0.4, -0.2) is 53.5 Å². The van der Waals surface area contributed by atoms with Crippen molar-refractivity contribution in [3.63, 3.8) is 0 Å². The minimum Gasteiger partial charge on any atom is -0.386 e.